The summed E-state index contributed by atoms with van der Waals surface area (Å²) < 4.78 is 27.5. The molecule has 148 valence electrons. The number of hydrogen-bond acceptors (Lipinski definition) is 5. The Bertz CT molecular complexity index is 1180. The largest absolute Gasteiger partial charge is 0.298 e. The molecule has 0 saturated heterocycles. The number of carbonyl (C=O) groups excluding carboxylic acids is 1. The second-order valence-corrected chi connectivity index (χ2v) is 9.72. The zero-order valence-corrected chi connectivity index (χ0v) is 17.3. The Kier molecular flexibility index (Phi) is 5.21. The molecule has 1 aromatic heterocycles. The van der Waals surface area contributed by atoms with Crippen molar-refractivity contribution in [1.29, 1.82) is 0 Å². The van der Waals surface area contributed by atoms with Gasteiger partial charge in [0, 0.05) is 23.7 Å². The van der Waals surface area contributed by atoms with Crippen LogP contribution < -0.4 is 9.62 Å². The molecule has 0 unspecified atom stereocenters. The Labute approximate surface area is 173 Å². The first-order chi connectivity index (χ1) is 13.9. The summed E-state index contributed by atoms with van der Waals surface area (Å²) in [6, 6.07) is 14.1. The van der Waals surface area contributed by atoms with Crippen molar-refractivity contribution in [2.75, 3.05) is 16.2 Å². The van der Waals surface area contributed by atoms with Crippen LogP contribution in [0.1, 0.15) is 16.0 Å². The predicted octanol–water partition coefficient (Wildman–Crippen LogP) is 3.85. The Morgan fingerprint density at radius 2 is 1.93 bits per heavy atom. The van der Waals surface area contributed by atoms with E-state index in [1.807, 2.05) is 31.2 Å². The molecule has 8 heteroatoms. The third kappa shape index (κ3) is 4.08. The van der Waals surface area contributed by atoms with Gasteiger partial charge in [-0.1, -0.05) is 30.3 Å². The van der Waals surface area contributed by atoms with E-state index in [4.69, 9.17) is 0 Å². The number of anilines is 2. The lowest BCUT2D eigenvalue weighted by molar-refractivity contribution is -0.111. The van der Waals surface area contributed by atoms with Crippen LogP contribution >= 0.6 is 11.3 Å². The van der Waals surface area contributed by atoms with Crippen molar-refractivity contribution in [3.63, 3.8) is 0 Å². The summed E-state index contributed by atoms with van der Waals surface area (Å²) in [5.74, 6) is -0.287. The fourth-order valence-corrected chi connectivity index (χ4v) is 5.34. The standard InChI is InChI=1S/C21H19N3O3S2/c1-15-14-22-21(28-15)23-20(25)11-8-16-6-9-18(10-7-16)29(26,27)24-13-12-17-4-2-3-5-19(17)24/h2-11,14H,12-13H2,1H3,(H,22,23,25). The van der Waals surface area contributed by atoms with Crippen molar-refractivity contribution < 1.29 is 13.2 Å². The fraction of sp³-hybridized carbons (Fsp3) is 0.143. The minimum absolute atomic E-state index is 0.231. The minimum atomic E-state index is -3.62. The normalized spacial score (nSPS) is 13.6. The first-order valence-electron chi connectivity index (χ1n) is 9.06. The highest BCUT2D eigenvalue weighted by atomic mass is 32.2. The first-order valence-corrected chi connectivity index (χ1v) is 11.3. The van der Waals surface area contributed by atoms with Gasteiger partial charge in [0.05, 0.1) is 10.6 Å². The van der Waals surface area contributed by atoms with Crippen LogP contribution in [0.3, 0.4) is 0 Å². The zero-order valence-electron chi connectivity index (χ0n) is 15.7. The molecule has 0 saturated carbocycles. The smallest absolute Gasteiger partial charge is 0.264 e. The van der Waals surface area contributed by atoms with Gasteiger partial charge in [-0.25, -0.2) is 13.4 Å². The average Bonchev–Trinajstić information content (AvgIpc) is 3.33. The molecule has 3 aromatic rings. The summed E-state index contributed by atoms with van der Waals surface area (Å²) in [4.78, 5) is 17.3. The molecular weight excluding hydrogens is 406 g/mol. The Balaban J connectivity index is 1.47. The van der Waals surface area contributed by atoms with Gasteiger partial charge in [0.25, 0.3) is 10.0 Å². The third-order valence-corrected chi connectivity index (χ3v) is 7.25. The van der Waals surface area contributed by atoms with Crippen molar-refractivity contribution in [2.24, 2.45) is 0 Å². The monoisotopic (exact) mass is 425 g/mol. The summed E-state index contributed by atoms with van der Waals surface area (Å²) in [5, 5.41) is 3.24. The van der Waals surface area contributed by atoms with E-state index < -0.39 is 10.0 Å². The van der Waals surface area contributed by atoms with Crippen molar-refractivity contribution in [2.45, 2.75) is 18.2 Å². The summed E-state index contributed by atoms with van der Waals surface area (Å²) in [7, 11) is -3.62. The molecule has 4 rings (SSSR count). The number of amides is 1. The summed E-state index contributed by atoms with van der Waals surface area (Å²) in [6.45, 7) is 2.36. The molecule has 2 aromatic carbocycles. The van der Waals surface area contributed by atoms with Crippen LogP contribution in [0.25, 0.3) is 6.08 Å². The Morgan fingerprint density at radius 3 is 2.66 bits per heavy atom. The predicted molar refractivity (Wildman–Crippen MR) is 116 cm³/mol. The molecule has 1 aliphatic rings. The lowest BCUT2D eigenvalue weighted by Crippen LogP contribution is -2.29. The number of aryl methyl sites for hydroxylation is 1. The Hall–Kier alpha value is -2.97. The summed E-state index contributed by atoms with van der Waals surface area (Å²) in [6.07, 6.45) is 5.44. The summed E-state index contributed by atoms with van der Waals surface area (Å²) >= 11 is 1.40. The number of benzene rings is 2. The number of rotatable bonds is 5. The maximum Gasteiger partial charge on any atom is 0.264 e. The van der Waals surface area contributed by atoms with Crippen LogP contribution in [-0.4, -0.2) is 25.9 Å². The second kappa shape index (κ2) is 7.81. The van der Waals surface area contributed by atoms with Gasteiger partial charge >= 0.3 is 0 Å². The SMILES string of the molecule is Cc1cnc(NC(=O)C=Cc2ccc(S(=O)(=O)N3CCc4ccccc43)cc2)s1. The van der Waals surface area contributed by atoms with Gasteiger partial charge in [-0.2, -0.15) is 0 Å². The van der Waals surface area contributed by atoms with Crippen molar-refractivity contribution >= 4 is 44.2 Å². The highest BCUT2D eigenvalue weighted by molar-refractivity contribution is 7.92. The van der Waals surface area contributed by atoms with Crippen LogP contribution in [0.2, 0.25) is 0 Å². The van der Waals surface area contributed by atoms with Crippen molar-refractivity contribution in [3.8, 4) is 0 Å². The molecule has 0 fully saturated rings. The molecule has 0 radical (unpaired) electrons. The van der Waals surface area contributed by atoms with Crippen LogP contribution in [0.4, 0.5) is 10.8 Å². The number of sulfonamides is 1. The van der Waals surface area contributed by atoms with Gasteiger partial charge in [0.2, 0.25) is 5.91 Å². The molecule has 1 aliphatic heterocycles. The molecule has 29 heavy (non-hydrogen) atoms. The summed E-state index contributed by atoms with van der Waals surface area (Å²) in [5.41, 5.74) is 2.51. The fourth-order valence-electron chi connectivity index (χ4n) is 3.17. The third-order valence-electron chi connectivity index (χ3n) is 4.59. The van der Waals surface area contributed by atoms with Crippen LogP contribution in [0, 0.1) is 6.92 Å². The molecule has 0 bridgehead atoms. The highest BCUT2D eigenvalue weighted by Crippen LogP contribution is 2.32. The van der Waals surface area contributed by atoms with E-state index in [-0.39, 0.29) is 10.8 Å². The van der Waals surface area contributed by atoms with Crippen LogP contribution in [-0.2, 0) is 21.2 Å². The maximum atomic E-state index is 13.0. The Morgan fingerprint density at radius 1 is 1.17 bits per heavy atom. The molecule has 1 amide bonds. The van der Waals surface area contributed by atoms with E-state index in [9.17, 15) is 13.2 Å². The average molecular weight is 426 g/mol. The first kappa shape index (κ1) is 19.4. The van der Waals surface area contributed by atoms with Gasteiger partial charge in [-0.05, 0) is 48.7 Å². The molecule has 2 heterocycles. The van der Waals surface area contributed by atoms with Crippen molar-refractivity contribution in [1.82, 2.24) is 4.98 Å². The van der Waals surface area contributed by atoms with Crippen molar-refractivity contribution in [3.05, 3.63) is 76.8 Å². The molecule has 6 nitrogen and oxygen atoms in total. The zero-order chi connectivity index (χ0) is 20.4. The quantitative estimate of drug-likeness (QED) is 0.630. The maximum absolute atomic E-state index is 13.0. The van der Waals surface area contributed by atoms with Gasteiger partial charge in [-0.3, -0.25) is 14.4 Å². The number of aromatic nitrogens is 1. The molecule has 0 spiro atoms. The highest BCUT2D eigenvalue weighted by Gasteiger charge is 2.30. The van der Waals surface area contributed by atoms with E-state index in [0.29, 0.717) is 18.1 Å². The molecule has 0 atom stereocenters. The van der Waals surface area contributed by atoms with Gasteiger partial charge in [0.1, 0.15) is 0 Å². The van der Waals surface area contributed by atoms with Gasteiger partial charge < -0.3 is 0 Å². The molecular formula is C21H19N3O3S2. The van der Waals surface area contributed by atoms with Gasteiger partial charge in [0.15, 0.2) is 5.13 Å². The van der Waals surface area contributed by atoms with E-state index in [2.05, 4.69) is 10.3 Å². The number of para-hydroxylation sites is 1. The lowest BCUT2D eigenvalue weighted by Gasteiger charge is -2.19. The van der Waals surface area contributed by atoms with E-state index >= 15 is 0 Å². The second-order valence-electron chi connectivity index (χ2n) is 6.62. The number of hydrogen-bond donors (Lipinski definition) is 1. The molecule has 0 aliphatic carbocycles. The number of nitrogens with one attached hydrogen (secondary N) is 1. The topological polar surface area (TPSA) is 79.4 Å². The van der Waals surface area contributed by atoms with E-state index in [1.165, 1.54) is 21.7 Å². The number of carbonyl (C=O) groups is 1. The minimum Gasteiger partial charge on any atom is -0.298 e. The molecule has 1 N–H and O–H groups in total. The number of fused-ring (bicyclic) bond motifs is 1. The van der Waals surface area contributed by atoms with Gasteiger partial charge in [-0.15, -0.1) is 11.3 Å². The van der Waals surface area contributed by atoms with Crippen LogP contribution in [0.15, 0.2) is 65.7 Å². The number of nitrogens with zero attached hydrogens (tertiary/aromatic N) is 2. The lowest BCUT2D eigenvalue weighted by atomic mass is 10.2. The number of thiazole rings is 1. The van der Waals surface area contributed by atoms with Crippen LogP contribution in [0.5, 0.6) is 0 Å². The van der Waals surface area contributed by atoms with E-state index in [0.717, 1.165) is 21.7 Å². The van der Waals surface area contributed by atoms with E-state index in [1.54, 1.807) is 36.5 Å².